The lowest BCUT2D eigenvalue weighted by atomic mass is 9.99. The molecule has 1 aliphatic rings. The van der Waals surface area contributed by atoms with Crippen LogP contribution in [0.25, 0.3) is 0 Å². The van der Waals surface area contributed by atoms with Gasteiger partial charge < -0.3 is 9.80 Å². The zero-order valence-electron chi connectivity index (χ0n) is 11.4. The highest BCUT2D eigenvalue weighted by molar-refractivity contribution is 5.86. The molecule has 4 nitrogen and oxygen atoms in total. The zero-order chi connectivity index (χ0) is 13.8. The molecule has 100 valence electrons. The summed E-state index contributed by atoms with van der Waals surface area (Å²) < 4.78 is 0. The van der Waals surface area contributed by atoms with E-state index in [1.165, 1.54) is 0 Å². The molecule has 1 fully saturated rings. The molecule has 1 amide bonds. The van der Waals surface area contributed by atoms with E-state index < -0.39 is 5.92 Å². The van der Waals surface area contributed by atoms with E-state index in [9.17, 15) is 10.1 Å². The number of rotatable bonds is 3. The van der Waals surface area contributed by atoms with E-state index in [1.807, 2.05) is 49.3 Å². The zero-order valence-corrected chi connectivity index (χ0v) is 11.4. The minimum Gasteiger partial charge on any atom is -0.340 e. The van der Waals surface area contributed by atoms with Crippen LogP contribution in [0.5, 0.6) is 0 Å². The molecule has 1 aliphatic heterocycles. The van der Waals surface area contributed by atoms with Crippen LogP contribution in [0.1, 0.15) is 17.9 Å². The summed E-state index contributed by atoms with van der Waals surface area (Å²) in [5.41, 5.74) is 0.781. The van der Waals surface area contributed by atoms with Gasteiger partial charge in [0.05, 0.1) is 6.07 Å². The van der Waals surface area contributed by atoms with E-state index in [2.05, 4.69) is 11.0 Å². The first-order valence-corrected chi connectivity index (χ1v) is 6.53. The van der Waals surface area contributed by atoms with Crippen molar-refractivity contribution in [3.8, 4) is 6.07 Å². The molecule has 0 saturated carbocycles. The largest absolute Gasteiger partial charge is 0.340 e. The Morgan fingerprint density at radius 2 is 2.11 bits per heavy atom. The van der Waals surface area contributed by atoms with Crippen molar-refractivity contribution in [2.24, 2.45) is 0 Å². The van der Waals surface area contributed by atoms with Crippen molar-refractivity contribution in [1.29, 1.82) is 5.26 Å². The maximum Gasteiger partial charge on any atom is 0.244 e. The van der Waals surface area contributed by atoms with E-state index in [-0.39, 0.29) is 5.91 Å². The summed E-state index contributed by atoms with van der Waals surface area (Å²) in [6.07, 6.45) is 0.978. The quantitative estimate of drug-likeness (QED) is 0.823. The lowest BCUT2D eigenvalue weighted by Gasteiger charge is -2.22. The summed E-state index contributed by atoms with van der Waals surface area (Å²) in [7, 11) is 4.05. The van der Waals surface area contributed by atoms with Crippen LogP contribution >= 0.6 is 0 Å². The number of carbonyl (C=O) groups excluding carboxylic acids is 1. The van der Waals surface area contributed by atoms with Gasteiger partial charge in [0.2, 0.25) is 5.91 Å². The molecule has 1 aromatic carbocycles. The number of hydrogen-bond donors (Lipinski definition) is 0. The third kappa shape index (κ3) is 2.94. The van der Waals surface area contributed by atoms with Gasteiger partial charge in [-0.15, -0.1) is 0 Å². The number of nitrogens with zero attached hydrogens (tertiary/aromatic N) is 3. The summed E-state index contributed by atoms with van der Waals surface area (Å²) in [6.45, 7) is 1.46. The Labute approximate surface area is 114 Å². The Morgan fingerprint density at radius 3 is 2.63 bits per heavy atom. The van der Waals surface area contributed by atoms with Crippen molar-refractivity contribution in [2.75, 3.05) is 27.2 Å². The van der Waals surface area contributed by atoms with Crippen molar-refractivity contribution < 1.29 is 4.79 Å². The fourth-order valence-electron chi connectivity index (χ4n) is 2.46. The molecule has 0 spiro atoms. The Kier molecular flexibility index (Phi) is 4.18. The van der Waals surface area contributed by atoms with Crippen LogP contribution in [-0.2, 0) is 4.79 Å². The summed E-state index contributed by atoms with van der Waals surface area (Å²) in [5.74, 6) is -0.750. The standard InChI is InChI=1S/C15H19N3O/c1-17(2)13-8-9-18(11-13)15(19)14(10-16)12-6-4-3-5-7-12/h3-7,13-14H,8-9,11H2,1-2H3. The summed E-state index contributed by atoms with van der Waals surface area (Å²) in [4.78, 5) is 16.4. The minimum absolute atomic E-state index is 0.0712. The average molecular weight is 257 g/mol. The predicted molar refractivity (Wildman–Crippen MR) is 73.5 cm³/mol. The van der Waals surface area contributed by atoms with Crippen molar-refractivity contribution in [2.45, 2.75) is 18.4 Å². The fraction of sp³-hybridized carbons (Fsp3) is 0.467. The Morgan fingerprint density at radius 1 is 1.42 bits per heavy atom. The second-order valence-electron chi connectivity index (χ2n) is 5.16. The highest BCUT2D eigenvalue weighted by atomic mass is 16.2. The fourth-order valence-corrected chi connectivity index (χ4v) is 2.46. The third-order valence-corrected chi connectivity index (χ3v) is 3.71. The number of benzene rings is 1. The molecule has 0 radical (unpaired) electrons. The van der Waals surface area contributed by atoms with Crippen molar-refractivity contribution in [3.05, 3.63) is 35.9 Å². The summed E-state index contributed by atoms with van der Waals surface area (Å²) in [5, 5.41) is 9.28. The SMILES string of the molecule is CN(C)C1CCN(C(=O)C(C#N)c2ccccc2)C1. The molecule has 0 bridgehead atoms. The maximum atomic E-state index is 12.4. The minimum atomic E-state index is -0.679. The highest BCUT2D eigenvalue weighted by Gasteiger charge is 2.32. The van der Waals surface area contributed by atoms with Crippen LogP contribution in [0.2, 0.25) is 0 Å². The maximum absolute atomic E-state index is 12.4. The lowest BCUT2D eigenvalue weighted by molar-refractivity contribution is -0.130. The number of amides is 1. The third-order valence-electron chi connectivity index (χ3n) is 3.71. The van der Waals surface area contributed by atoms with Gasteiger partial charge in [-0.25, -0.2) is 0 Å². The van der Waals surface area contributed by atoms with Crippen LogP contribution in [0, 0.1) is 11.3 Å². The topological polar surface area (TPSA) is 47.3 Å². The van der Waals surface area contributed by atoms with Gasteiger partial charge in [-0.2, -0.15) is 5.26 Å². The monoisotopic (exact) mass is 257 g/mol. The molecular formula is C15H19N3O. The van der Waals surface area contributed by atoms with Crippen molar-refractivity contribution >= 4 is 5.91 Å². The van der Waals surface area contributed by atoms with E-state index in [4.69, 9.17) is 0 Å². The van der Waals surface area contributed by atoms with E-state index in [0.717, 1.165) is 25.1 Å². The predicted octanol–water partition coefficient (Wildman–Crippen LogP) is 1.46. The van der Waals surface area contributed by atoms with Gasteiger partial charge in [0.15, 0.2) is 0 Å². The van der Waals surface area contributed by atoms with E-state index >= 15 is 0 Å². The first-order valence-electron chi connectivity index (χ1n) is 6.53. The molecular weight excluding hydrogens is 238 g/mol. The molecule has 1 aromatic rings. The molecule has 1 saturated heterocycles. The first kappa shape index (κ1) is 13.6. The van der Waals surface area contributed by atoms with Gasteiger partial charge in [-0.3, -0.25) is 4.79 Å². The molecule has 2 atom stereocenters. The van der Waals surface area contributed by atoms with Crippen LogP contribution in [0.15, 0.2) is 30.3 Å². The Balaban J connectivity index is 2.09. The molecule has 1 heterocycles. The number of carbonyl (C=O) groups is 1. The number of nitriles is 1. The summed E-state index contributed by atoms with van der Waals surface area (Å²) in [6, 6.07) is 11.8. The van der Waals surface area contributed by atoms with Crippen molar-refractivity contribution in [3.63, 3.8) is 0 Å². The van der Waals surface area contributed by atoms with Crippen LogP contribution in [0.3, 0.4) is 0 Å². The van der Waals surface area contributed by atoms with Gasteiger partial charge in [0.25, 0.3) is 0 Å². The van der Waals surface area contributed by atoms with Crippen molar-refractivity contribution in [1.82, 2.24) is 9.80 Å². The smallest absolute Gasteiger partial charge is 0.244 e. The number of likely N-dealkylation sites (tertiary alicyclic amines) is 1. The van der Waals surface area contributed by atoms with Crippen LogP contribution in [0.4, 0.5) is 0 Å². The normalized spacial score (nSPS) is 20.3. The molecule has 0 aromatic heterocycles. The van der Waals surface area contributed by atoms with Gasteiger partial charge in [0, 0.05) is 19.1 Å². The summed E-state index contributed by atoms with van der Waals surface area (Å²) >= 11 is 0. The Bertz CT molecular complexity index is 478. The van der Waals surface area contributed by atoms with Crippen LogP contribution in [-0.4, -0.2) is 48.9 Å². The second-order valence-corrected chi connectivity index (χ2v) is 5.16. The molecule has 0 N–H and O–H groups in total. The molecule has 19 heavy (non-hydrogen) atoms. The van der Waals surface area contributed by atoms with E-state index in [0.29, 0.717) is 6.04 Å². The number of hydrogen-bond acceptors (Lipinski definition) is 3. The van der Waals surface area contributed by atoms with E-state index in [1.54, 1.807) is 0 Å². The van der Waals surface area contributed by atoms with Gasteiger partial charge in [-0.1, -0.05) is 30.3 Å². The van der Waals surface area contributed by atoms with Gasteiger partial charge >= 0.3 is 0 Å². The molecule has 2 rings (SSSR count). The lowest BCUT2D eigenvalue weighted by Crippen LogP contribution is -2.36. The molecule has 4 heteroatoms. The second kappa shape index (κ2) is 5.85. The molecule has 0 aliphatic carbocycles. The van der Waals surface area contributed by atoms with Crippen LogP contribution < -0.4 is 0 Å². The highest BCUT2D eigenvalue weighted by Crippen LogP contribution is 2.21. The molecule has 2 unspecified atom stereocenters. The first-order chi connectivity index (χ1) is 9.13. The van der Waals surface area contributed by atoms with Gasteiger partial charge in [-0.05, 0) is 26.1 Å². The Hall–Kier alpha value is -1.86. The van der Waals surface area contributed by atoms with Gasteiger partial charge in [0.1, 0.15) is 5.92 Å². The number of likely N-dealkylation sites (N-methyl/N-ethyl adjacent to an activating group) is 1. The average Bonchev–Trinajstić information content (AvgIpc) is 2.90.